The summed E-state index contributed by atoms with van der Waals surface area (Å²) in [5, 5.41) is 0. The molecular formula is C23H46. The van der Waals surface area contributed by atoms with E-state index in [0.717, 1.165) is 0 Å². The van der Waals surface area contributed by atoms with E-state index in [1.54, 1.807) is 0 Å². The lowest BCUT2D eigenvalue weighted by molar-refractivity contribution is 0.932. The highest BCUT2D eigenvalue weighted by molar-refractivity contribution is 5.42. The highest BCUT2D eigenvalue weighted by Gasteiger charge is 1.99. The molecule has 0 N–H and O–H groups in total. The van der Waals surface area contributed by atoms with Gasteiger partial charge in [-0.1, -0.05) is 111 Å². The minimum absolute atomic E-state index is 0.545. The molecule has 0 heterocycles. The molecule has 0 saturated carbocycles. The van der Waals surface area contributed by atoms with Gasteiger partial charge in [0.05, 0.1) is 0 Å². The summed E-state index contributed by atoms with van der Waals surface area (Å²) in [6.45, 7) is 28.1. The van der Waals surface area contributed by atoms with Gasteiger partial charge in [0.1, 0.15) is 0 Å². The van der Waals surface area contributed by atoms with Gasteiger partial charge in [-0.15, -0.1) is 0 Å². The average molecular weight is 323 g/mol. The first kappa shape index (κ1) is 33.3. The zero-order chi connectivity index (χ0) is 19.7. The molecule has 0 nitrogen and oxygen atoms in total. The Kier molecular flexibility index (Phi) is 53.9. The van der Waals surface area contributed by atoms with Crippen molar-refractivity contribution in [1.29, 1.82) is 0 Å². The third-order valence-electron chi connectivity index (χ3n) is 2.21. The molecule has 0 amide bonds. The Hall–Kier alpha value is -1.30. The standard InChI is InChI=1S/C11H14.C4H8.4C2H6/c1-4-11-7-5-6-9(2)8-10(11)3;1-3-4-2;4*1-2/h4-9H,1H2,2-3H3;3-4H,1-2H3;4*1-2H3/b;4-3-;;;;. The lowest BCUT2D eigenvalue weighted by Crippen LogP contribution is -1.84. The molecule has 0 saturated heterocycles. The van der Waals surface area contributed by atoms with Crippen molar-refractivity contribution in [3.63, 3.8) is 0 Å². The Morgan fingerprint density at radius 2 is 1.26 bits per heavy atom. The summed E-state index contributed by atoms with van der Waals surface area (Å²) in [7, 11) is 0. The summed E-state index contributed by atoms with van der Waals surface area (Å²) >= 11 is 0. The fourth-order valence-corrected chi connectivity index (χ4v) is 1.24. The van der Waals surface area contributed by atoms with Gasteiger partial charge in [0.25, 0.3) is 0 Å². The molecule has 1 atom stereocenters. The van der Waals surface area contributed by atoms with Crippen LogP contribution in [0.1, 0.15) is 83.1 Å². The van der Waals surface area contributed by atoms with Gasteiger partial charge in [0.2, 0.25) is 0 Å². The molecule has 0 bridgehead atoms. The fraction of sp³-hybridized carbons (Fsp3) is 0.565. The van der Waals surface area contributed by atoms with Gasteiger partial charge in [-0.05, 0) is 37.8 Å². The van der Waals surface area contributed by atoms with Crippen LogP contribution in [0.25, 0.3) is 0 Å². The summed E-state index contributed by atoms with van der Waals surface area (Å²) in [5.74, 6) is 0.545. The average Bonchev–Trinajstić information content (AvgIpc) is 2.81. The molecule has 1 aliphatic carbocycles. The second kappa shape index (κ2) is 37.2. The zero-order valence-corrected chi connectivity index (χ0v) is 18.3. The van der Waals surface area contributed by atoms with Crippen LogP contribution < -0.4 is 0 Å². The molecule has 1 unspecified atom stereocenters. The van der Waals surface area contributed by atoms with Crippen LogP contribution in [0.2, 0.25) is 0 Å². The second-order valence-electron chi connectivity index (χ2n) is 3.59. The van der Waals surface area contributed by atoms with Crippen LogP contribution in [0.5, 0.6) is 0 Å². The van der Waals surface area contributed by atoms with Gasteiger partial charge in [0.15, 0.2) is 0 Å². The molecule has 0 aliphatic heterocycles. The first-order chi connectivity index (χ1) is 11.2. The zero-order valence-electron chi connectivity index (χ0n) is 18.3. The number of hydrogen-bond donors (Lipinski definition) is 0. The Balaban J connectivity index is -0.0000000759. The number of allylic oxidation sites excluding steroid dienone is 9. The molecule has 0 spiro atoms. The van der Waals surface area contributed by atoms with Crippen LogP contribution in [0, 0.1) is 5.92 Å². The third-order valence-corrected chi connectivity index (χ3v) is 2.21. The summed E-state index contributed by atoms with van der Waals surface area (Å²) in [6, 6.07) is 0. The molecule has 23 heavy (non-hydrogen) atoms. The van der Waals surface area contributed by atoms with Gasteiger partial charge >= 0.3 is 0 Å². The van der Waals surface area contributed by atoms with Crippen LogP contribution in [0.4, 0.5) is 0 Å². The monoisotopic (exact) mass is 322 g/mol. The quantitative estimate of drug-likeness (QED) is 0.422. The van der Waals surface area contributed by atoms with Crippen LogP contribution in [-0.4, -0.2) is 0 Å². The minimum Gasteiger partial charge on any atom is -0.0985 e. The summed E-state index contributed by atoms with van der Waals surface area (Å²) in [4.78, 5) is 0. The van der Waals surface area contributed by atoms with E-state index in [-0.39, 0.29) is 0 Å². The molecule has 0 aromatic carbocycles. The molecule has 0 radical (unpaired) electrons. The van der Waals surface area contributed by atoms with Crippen LogP contribution in [-0.2, 0) is 0 Å². The SMILES string of the molecule is C/C=C\C.C=CC1=CC=CC(C)C=C1C.CC.CC.CC.CC. The third kappa shape index (κ3) is 29.4. The van der Waals surface area contributed by atoms with Crippen molar-refractivity contribution in [2.24, 2.45) is 5.92 Å². The molecule has 0 fully saturated rings. The topological polar surface area (TPSA) is 0 Å². The summed E-state index contributed by atoms with van der Waals surface area (Å²) < 4.78 is 0. The molecular weight excluding hydrogens is 276 g/mol. The predicted molar refractivity (Wildman–Crippen MR) is 116 cm³/mol. The van der Waals surface area contributed by atoms with E-state index in [1.165, 1.54) is 11.1 Å². The summed E-state index contributed by atoms with van der Waals surface area (Å²) in [5.41, 5.74) is 2.54. The molecule has 1 rings (SSSR count). The van der Waals surface area contributed by atoms with Crippen molar-refractivity contribution in [3.8, 4) is 0 Å². The minimum atomic E-state index is 0.545. The van der Waals surface area contributed by atoms with E-state index in [0.29, 0.717) is 5.92 Å². The van der Waals surface area contributed by atoms with Crippen molar-refractivity contribution in [1.82, 2.24) is 0 Å². The number of hydrogen-bond acceptors (Lipinski definition) is 0. The van der Waals surface area contributed by atoms with E-state index in [9.17, 15) is 0 Å². The lowest BCUT2D eigenvalue weighted by Gasteiger charge is -2.00. The predicted octanol–water partition coefficient (Wildman–Crippen LogP) is 8.94. The Morgan fingerprint density at radius 3 is 1.57 bits per heavy atom. The molecule has 0 heteroatoms. The van der Waals surface area contributed by atoms with Crippen molar-refractivity contribution < 1.29 is 0 Å². The largest absolute Gasteiger partial charge is 0.0985 e. The highest BCUT2D eigenvalue weighted by Crippen LogP contribution is 2.17. The fourth-order valence-electron chi connectivity index (χ4n) is 1.24. The van der Waals surface area contributed by atoms with E-state index in [1.807, 2.05) is 87.5 Å². The van der Waals surface area contributed by atoms with E-state index < -0.39 is 0 Å². The van der Waals surface area contributed by atoms with Gasteiger partial charge in [-0.3, -0.25) is 0 Å². The maximum Gasteiger partial charge on any atom is -0.00728 e. The van der Waals surface area contributed by atoms with E-state index in [4.69, 9.17) is 0 Å². The van der Waals surface area contributed by atoms with Crippen LogP contribution in [0.3, 0.4) is 0 Å². The normalized spacial score (nSPS) is 14.0. The molecule has 138 valence electrons. The maximum absolute atomic E-state index is 3.76. The smallest absolute Gasteiger partial charge is 0.00728 e. The molecule has 0 aromatic rings. The van der Waals surface area contributed by atoms with Crippen molar-refractivity contribution in [2.75, 3.05) is 0 Å². The van der Waals surface area contributed by atoms with Crippen LogP contribution in [0.15, 0.2) is 60.3 Å². The van der Waals surface area contributed by atoms with Gasteiger partial charge in [-0.25, -0.2) is 0 Å². The maximum atomic E-state index is 3.76. The van der Waals surface area contributed by atoms with Crippen molar-refractivity contribution >= 4 is 0 Å². The number of rotatable bonds is 1. The first-order valence-corrected chi connectivity index (χ1v) is 9.42. The first-order valence-electron chi connectivity index (χ1n) is 9.42. The highest BCUT2D eigenvalue weighted by atomic mass is 14.0. The van der Waals surface area contributed by atoms with E-state index >= 15 is 0 Å². The Labute approximate surface area is 149 Å². The Bertz CT molecular complexity index is 294. The van der Waals surface area contributed by atoms with Gasteiger partial charge in [0, 0.05) is 0 Å². The van der Waals surface area contributed by atoms with Gasteiger partial charge in [-0.2, -0.15) is 0 Å². The summed E-state index contributed by atoms with van der Waals surface area (Å²) in [6.07, 6.45) is 14.5. The lowest BCUT2D eigenvalue weighted by atomic mass is 10.1. The van der Waals surface area contributed by atoms with Crippen LogP contribution >= 0.6 is 0 Å². The molecule has 0 aromatic heterocycles. The second-order valence-corrected chi connectivity index (χ2v) is 3.59. The van der Waals surface area contributed by atoms with Crippen molar-refractivity contribution in [3.05, 3.63) is 60.3 Å². The van der Waals surface area contributed by atoms with Crippen molar-refractivity contribution in [2.45, 2.75) is 83.1 Å². The van der Waals surface area contributed by atoms with Gasteiger partial charge < -0.3 is 0 Å². The Morgan fingerprint density at radius 1 is 0.870 bits per heavy atom. The molecule has 1 aliphatic rings. The van der Waals surface area contributed by atoms with E-state index in [2.05, 4.69) is 44.7 Å².